The third-order valence-electron chi connectivity index (χ3n) is 2.10. The van der Waals surface area contributed by atoms with Crippen molar-refractivity contribution in [3.05, 3.63) is 53.6 Å². The first-order chi connectivity index (χ1) is 8.67. The predicted octanol–water partition coefficient (Wildman–Crippen LogP) is 2.22. The lowest BCUT2D eigenvalue weighted by atomic mass is 10.1. The third-order valence-corrected chi connectivity index (χ3v) is 2.10. The Morgan fingerprint density at radius 3 is 2.56 bits per heavy atom. The van der Waals surface area contributed by atoms with Crippen LogP contribution in [0.3, 0.4) is 0 Å². The largest absolute Gasteiger partial charge is 0.321 e. The van der Waals surface area contributed by atoms with E-state index < -0.39 is 5.91 Å². The highest BCUT2D eigenvalue weighted by atomic mass is 16.1. The minimum Gasteiger partial charge on any atom is -0.321 e. The van der Waals surface area contributed by atoms with Crippen molar-refractivity contribution in [1.29, 1.82) is 5.26 Å². The van der Waals surface area contributed by atoms with E-state index >= 15 is 0 Å². The van der Waals surface area contributed by atoms with Crippen LogP contribution in [0.15, 0.2) is 53.6 Å². The van der Waals surface area contributed by atoms with Crippen molar-refractivity contribution in [2.45, 2.75) is 6.92 Å². The molecular weight excluding hydrogens is 228 g/mol. The molecule has 0 bridgehead atoms. The van der Waals surface area contributed by atoms with E-state index in [1.165, 1.54) is 12.2 Å². The first-order valence-corrected chi connectivity index (χ1v) is 5.27. The number of allylic oxidation sites excluding steroid dienone is 3. The normalized spacial score (nSPS) is 11.6. The molecule has 0 aliphatic rings. The summed E-state index contributed by atoms with van der Waals surface area (Å²) in [6.45, 7) is 1.64. The van der Waals surface area contributed by atoms with E-state index in [9.17, 15) is 9.59 Å². The van der Waals surface area contributed by atoms with Crippen molar-refractivity contribution in [3.8, 4) is 6.07 Å². The molecule has 0 saturated heterocycles. The number of nitrogens with zero attached hydrogens (tertiary/aromatic N) is 1. The molecule has 0 radical (unpaired) electrons. The fourth-order valence-electron chi connectivity index (χ4n) is 1.25. The van der Waals surface area contributed by atoms with E-state index in [1.807, 2.05) is 6.07 Å². The molecular formula is C14H12N2O2. The highest BCUT2D eigenvalue weighted by Crippen LogP contribution is 2.08. The molecule has 90 valence electrons. The Bertz CT molecular complexity index is 537. The van der Waals surface area contributed by atoms with Gasteiger partial charge in [-0.3, -0.25) is 9.59 Å². The summed E-state index contributed by atoms with van der Waals surface area (Å²) in [4.78, 5) is 22.0. The molecule has 1 rings (SSSR count). The van der Waals surface area contributed by atoms with Gasteiger partial charge < -0.3 is 5.32 Å². The minimum atomic E-state index is -0.498. The van der Waals surface area contributed by atoms with Crippen LogP contribution in [0.25, 0.3) is 0 Å². The van der Waals surface area contributed by atoms with Crippen molar-refractivity contribution in [1.82, 2.24) is 0 Å². The number of amides is 1. The molecule has 1 amide bonds. The highest BCUT2D eigenvalue weighted by molar-refractivity contribution is 6.06. The second kappa shape index (κ2) is 6.81. The van der Waals surface area contributed by atoms with Gasteiger partial charge in [-0.15, -0.1) is 0 Å². The van der Waals surface area contributed by atoms with Gasteiger partial charge in [0.1, 0.15) is 17.9 Å². The number of carbonyl (C=O) groups is 2. The van der Waals surface area contributed by atoms with E-state index in [1.54, 1.807) is 37.3 Å². The standard InChI is InChI=1S/C14H12N2O2/c1-11(7-8-17)9-12(10-15)14(18)16-13-5-3-2-4-6-13/h2-9H,1H3,(H,16,18)/b11-7+,12-9+. The summed E-state index contributed by atoms with van der Waals surface area (Å²) in [5.41, 5.74) is 1.11. The van der Waals surface area contributed by atoms with Gasteiger partial charge in [-0.1, -0.05) is 18.2 Å². The van der Waals surface area contributed by atoms with Crippen LogP contribution in [0.2, 0.25) is 0 Å². The summed E-state index contributed by atoms with van der Waals surface area (Å²) in [7, 11) is 0. The van der Waals surface area contributed by atoms with Crippen LogP contribution >= 0.6 is 0 Å². The molecule has 0 aromatic heterocycles. The maximum atomic E-state index is 11.8. The summed E-state index contributed by atoms with van der Waals surface area (Å²) < 4.78 is 0. The Labute approximate surface area is 105 Å². The SMILES string of the molecule is CC(=C\C=O)/C=C(\C#N)C(=O)Nc1ccccc1. The fourth-order valence-corrected chi connectivity index (χ4v) is 1.25. The van der Waals surface area contributed by atoms with Crippen molar-refractivity contribution in [3.63, 3.8) is 0 Å². The summed E-state index contributed by atoms with van der Waals surface area (Å²) in [6, 6.07) is 10.6. The Kier molecular flexibility index (Phi) is 5.07. The number of para-hydroxylation sites is 1. The molecule has 0 spiro atoms. The number of aldehydes is 1. The maximum Gasteiger partial charge on any atom is 0.266 e. The number of nitrogens with one attached hydrogen (secondary N) is 1. The van der Waals surface area contributed by atoms with Crippen molar-refractivity contribution in [2.75, 3.05) is 5.32 Å². The van der Waals surface area contributed by atoms with Gasteiger partial charge in [-0.05, 0) is 36.8 Å². The number of hydrogen-bond acceptors (Lipinski definition) is 3. The van der Waals surface area contributed by atoms with E-state index in [2.05, 4.69) is 5.32 Å². The van der Waals surface area contributed by atoms with Gasteiger partial charge in [0, 0.05) is 5.69 Å². The monoisotopic (exact) mass is 240 g/mol. The second-order valence-electron chi connectivity index (χ2n) is 3.54. The molecule has 0 aliphatic carbocycles. The van der Waals surface area contributed by atoms with Crippen LogP contribution in [-0.2, 0) is 9.59 Å². The quantitative estimate of drug-likeness (QED) is 0.379. The first kappa shape index (κ1) is 13.4. The maximum absolute atomic E-state index is 11.8. The number of hydrogen-bond donors (Lipinski definition) is 1. The summed E-state index contributed by atoms with van der Waals surface area (Å²) >= 11 is 0. The topological polar surface area (TPSA) is 70.0 Å². The lowest BCUT2D eigenvalue weighted by molar-refractivity contribution is -0.112. The van der Waals surface area contributed by atoms with Gasteiger partial charge in [-0.25, -0.2) is 0 Å². The fraction of sp³-hybridized carbons (Fsp3) is 0.0714. The Morgan fingerprint density at radius 1 is 1.33 bits per heavy atom. The van der Waals surface area contributed by atoms with Crippen LogP contribution < -0.4 is 5.32 Å². The zero-order valence-electron chi connectivity index (χ0n) is 9.88. The van der Waals surface area contributed by atoms with E-state index in [-0.39, 0.29) is 5.57 Å². The summed E-state index contributed by atoms with van der Waals surface area (Å²) in [6.07, 6.45) is 3.26. The predicted molar refractivity (Wildman–Crippen MR) is 68.6 cm³/mol. The van der Waals surface area contributed by atoms with Crippen LogP contribution in [0.1, 0.15) is 6.92 Å². The van der Waals surface area contributed by atoms with Crippen molar-refractivity contribution in [2.24, 2.45) is 0 Å². The van der Waals surface area contributed by atoms with Crippen LogP contribution in [-0.4, -0.2) is 12.2 Å². The van der Waals surface area contributed by atoms with E-state index in [0.29, 0.717) is 17.5 Å². The smallest absolute Gasteiger partial charge is 0.266 e. The molecule has 0 atom stereocenters. The average molecular weight is 240 g/mol. The van der Waals surface area contributed by atoms with Gasteiger partial charge >= 0.3 is 0 Å². The molecule has 0 saturated carbocycles. The molecule has 0 unspecified atom stereocenters. The van der Waals surface area contributed by atoms with Crippen molar-refractivity contribution < 1.29 is 9.59 Å². The van der Waals surface area contributed by atoms with E-state index in [4.69, 9.17) is 5.26 Å². The number of nitriles is 1. The zero-order chi connectivity index (χ0) is 13.4. The van der Waals surface area contributed by atoms with Crippen LogP contribution in [0.4, 0.5) is 5.69 Å². The Morgan fingerprint density at radius 2 is 2.00 bits per heavy atom. The van der Waals surface area contributed by atoms with Crippen molar-refractivity contribution >= 4 is 17.9 Å². The molecule has 4 heteroatoms. The number of anilines is 1. The van der Waals surface area contributed by atoms with Gasteiger partial charge in [-0.2, -0.15) is 5.26 Å². The molecule has 4 nitrogen and oxygen atoms in total. The van der Waals surface area contributed by atoms with Gasteiger partial charge in [0.25, 0.3) is 5.91 Å². The lowest BCUT2D eigenvalue weighted by Crippen LogP contribution is -2.13. The molecule has 0 fully saturated rings. The molecule has 1 N–H and O–H groups in total. The average Bonchev–Trinajstić information content (AvgIpc) is 2.37. The first-order valence-electron chi connectivity index (χ1n) is 5.27. The molecule has 1 aromatic carbocycles. The van der Waals surface area contributed by atoms with Crippen LogP contribution in [0, 0.1) is 11.3 Å². The van der Waals surface area contributed by atoms with Gasteiger partial charge in [0.2, 0.25) is 0 Å². The highest BCUT2D eigenvalue weighted by Gasteiger charge is 2.08. The molecule has 1 aromatic rings. The second-order valence-corrected chi connectivity index (χ2v) is 3.54. The molecule has 0 heterocycles. The number of rotatable bonds is 4. The zero-order valence-corrected chi connectivity index (χ0v) is 9.88. The summed E-state index contributed by atoms with van der Waals surface area (Å²) in [5.74, 6) is -0.498. The minimum absolute atomic E-state index is 0.0468. The number of carbonyl (C=O) groups excluding carboxylic acids is 2. The lowest BCUT2D eigenvalue weighted by Gasteiger charge is -2.03. The molecule has 18 heavy (non-hydrogen) atoms. The van der Waals surface area contributed by atoms with Gasteiger partial charge in [0.15, 0.2) is 0 Å². The third kappa shape index (κ3) is 4.06. The summed E-state index contributed by atoms with van der Waals surface area (Å²) in [5, 5.41) is 11.5. The van der Waals surface area contributed by atoms with E-state index in [0.717, 1.165) is 0 Å². The van der Waals surface area contributed by atoms with Crippen LogP contribution in [0.5, 0.6) is 0 Å². The number of benzene rings is 1. The Hall–Kier alpha value is -2.67. The van der Waals surface area contributed by atoms with Gasteiger partial charge in [0.05, 0.1) is 0 Å². The Balaban J connectivity index is 2.85. The molecule has 0 aliphatic heterocycles.